The van der Waals surface area contributed by atoms with Gasteiger partial charge in [-0.3, -0.25) is 4.99 Å². The van der Waals surface area contributed by atoms with E-state index in [-0.39, 0.29) is 0 Å². The normalized spacial score (nSPS) is 15.6. The van der Waals surface area contributed by atoms with Crippen LogP contribution in [0.15, 0.2) is 23.3 Å². The summed E-state index contributed by atoms with van der Waals surface area (Å²) in [4.78, 5) is 11.3. The van der Waals surface area contributed by atoms with Gasteiger partial charge in [-0.15, -0.1) is 0 Å². The Kier molecular flexibility index (Phi) is 11.4. The molecule has 1 aliphatic rings. The molecule has 0 aliphatic carbocycles. The van der Waals surface area contributed by atoms with Crippen molar-refractivity contribution >= 4 is 11.8 Å². The molecule has 2 rings (SSSR count). The largest absolute Gasteiger partial charge is 0.379 e. The SMILES string of the molecule is CCCCOCCOCCNC(=NC)NCc1ccc(N2CCC(C)CC2)nc1. The molecule has 1 aliphatic heterocycles. The Balaban J connectivity index is 1.59. The van der Waals surface area contributed by atoms with E-state index >= 15 is 0 Å². The quantitative estimate of drug-likeness (QED) is 0.317. The lowest BCUT2D eigenvalue weighted by Gasteiger charge is -2.31. The molecule has 0 saturated carbocycles. The summed E-state index contributed by atoms with van der Waals surface area (Å²) in [6, 6.07) is 4.27. The second-order valence-electron chi connectivity index (χ2n) is 7.63. The first-order valence-corrected chi connectivity index (χ1v) is 11.0. The van der Waals surface area contributed by atoms with E-state index in [0.717, 1.165) is 55.8 Å². The first-order chi connectivity index (χ1) is 14.2. The fraction of sp³-hybridized carbons (Fsp3) is 0.727. The van der Waals surface area contributed by atoms with Gasteiger partial charge >= 0.3 is 0 Å². The molecular formula is C22H39N5O2. The Morgan fingerprint density at radius 3 is 2.55 bits per heavy atom. The topological polar surface area (TPSA) is 71.0 Å². The summed E-state index contributed by atoms with van der Waals surface area (Å²) in [6.45, 7) is 10.8. The minimum atomic E-state index is 0.628. The molecule has 2 heterocycles. The first kappa shape index (κ1) is 23.4. The summed E-state index contributed by atoms with van der Waals surface area (Å²) in [7, 11) is 1.77. The van der Waals surface area contributed by atoms with E-state index in [1.807, 2.05) is 6.20 Å². The maximum Gasteiger partial charge on any atom is 0.191 e. The molecule has 1 fully saturated rings. The van der Waals surface area contributed by atoms with Gasteiger partial charge in [0.15, 0.2) is 5.96 Å². The van der Waals surface area contributed by atoms with Crippen LogP contribution in [0.4, 0.5) is 5.82 Å². The van der Waals surface area contributed by atoms with E-state index in [0.29, 0.717) is 32.9 Å². The number of aliphatic imine (C=N–C) groups is 1. The van der Waals surface area contributed by atoms with Gasteiger partial charge in [-0.2, -0.15) is 0 Å². The highest BCUT2D eigenvalue weighted by molar-refractivity contribution is 5.79. The number of aromatic nitrogens is 1. The summed E-state index contributed by atoms with van der Waals surface area (Å²) >= 11 is 0. The van der Waals surface area contributed by atoms with Gasteiger partial charge in [0.1, 0.15) is 5.82 Å². The number of rotatable bonds is 12. The van der Waals surface area contributed by atoms with Crippen LogP contribution in [0.1, 0.15) is 45.1 Å². The van der Waals surface area contributed by atoms with Crippen molar-refractivity contribution in [3.05, 3.63) is 23.9 Å². The average molecular weight is 406 g/mol. The Hall–Kier alpha value is -1.86. The van der Waals surface area contributed by atoms with E-state index in [1.165, 1.54) is 12.8 Å². The highest BCUT2D eigenvalue weighted by Gasteiger charge is 2.16. The Morgan fingerprint density at radius 1 is 1.14 bits per heavy atom. The maximum atomic E-state index is 5.56. The molecule has 29 heavy (non-hydrogen) atoms. The van der Waals surface area contributed by atoms with Gasteiger partial charge in [-0.25, -0.2) is 4.98 Å². The number of unbranched alkanes of at least 4 members (excludes halogenated alkanes) is 1. The number of hydrogen-bond acceptors (Lipinski definition) is 5. The molecule has 0 unspecified atom stereocenters. The van der Waals surface area contributed by atoms with Crippen LogP contribution in [0.3, 0.4) is 0 Å². The fourth-order valence-electron chi connectivity index (χ4n) is 3.16. The minimum absolute atomic E-state index is 0.628. The molecule has 1 aromatic rings. The molecule has 0 radical (unpaired) electrons. The lowest BCUT2D eigenvalue weighted by molar-refractivity contribution is 0.0487. The smallest absolute Gasteiger partial charge is 0.191 e. The predicted octanol–water partition coefficient (Wildman–Crippen LogP) is 2.82. The van der Waals surface area contributed by atoms with E-state index in [4.69, 9.17) is 9.47 Å². The van der Waals surface area contributed by atoms with Crippen LogP contribution >= 0.6 is 0 Å². The predicted molar refractivity (Wildman–Crippen MR) is 120 cm³/mol. The zero-order chi connectivity index (χ0) is 20.7. The number of piperidine rings is 1. The second kappa shape index (κ2) is 14.2. The number of hydrogen-bond donors (Lipinski definition) is 2. The van der Waals surface area contributed by atoms with Crippen LogP contribution in [-0.2, 0) is 16.0 Å². The number of nitrogens with zero attached hydrogens (tertiary/aromatic N) is 3. The highest BCUT2D eigenvalue weighted by atomic mass is 16.5. The van der Waals surface area contributed by atoms with Crippen molar-refractivity contribution < 1.29 is 9.47 Å². The standard InChI is InChI=1S/C22H39N5O2/c1-4-5-13-28-15-16-29-14-10-24-22(23-3)26-18-20-6-7-21(25-17-20)27-11-8-19(2)9-12-27/h6-7,17,19H,4-5,8-16,18H2,1-3H3,(H2,23,24,26). The first-order valence-electron chi connectivity index (χ1n) is 11.0. The number of anilines is 1. The molecule has 1 saturated heterocycles. The van der Waals surface area contributed by atoms with Gasteiger partial charge in [0.2, 0.25) is 0 Å². The van der Waals surface area contributed by atoms with E-state index in [1.54, 1.807) is 7.05 Å². The van der Waals surface area contributed by atoms with Gasteiger partial charge in [-0.05, 0) is 36.8 Å². The van der Waals surface area contributed by atoms with E-state index in [9.17, 15) is 0 Å². The van der Waals surface area contributed by atoms with Gasteiger partial charge in [-0.1, -0.05) is 26.3 Å². The Labute approximate surface area is 176 Å². The molecule has 0 spiro atoms. The molecule has 0 amide bonds. The summed E-state index contributed by atoms with van der Waals surface area (Å²) in [5.74, 6) is 2.68. The zero-order valence-corrected chi connectivity index (χ0v) is 18.5. The van der Waals surface area contributed by atoms with Crippen molar-refractivity contribution in [1.29, 1.82) is 0 Å². The van der Waals surface area contributed by atoms with Crippen molar-refractivity contribution in [2.45, 2.75) is 46.1 Å². The highest BCUT2D eigenvalue weighted by Crippen LogP contribution is 2.21. The van der Waals surface area contributed by atoms with Crippen LogP contribution < -0.4 is 15.5 Å². The molecule has 2 N–H and O–H groups in total. The third-order valence-corrected chi connectivity index (χ3v) is 5.15. The van der Waals surface area contributed by atoms with Gasteiger partial charge in [0, 0.05) is 46.0 Å². The molecule has 0 atom stereocenters. The Morgan fingerprint density at radius 2 is 1.90 bits per heavy atom. The fourth-order valence-corrected chi connectivity index (χ4v) is 3.16. The van der Waals surface area contributed by atoms with Gasteiger partial charge in [0.25, 0.3) is 0 Å². The van der Waals surface area contributed by atoms with E-state index in [2.05, 4.69) is 51.5 Å². The van der Waals surface area contributed by atoms with Crippen LogP contribution in [0.25, 0.3) is 0 Å². The third-order valence-electron chi connectivity index (χ3n) is 5.15. The van der Waals surface area contributed by atoms with Crippen molar-refractivity contribution in [2.24, 2.45) is 10.9 Å². The lowest BCUT2D eigenvalue weighted by Crippen LogP contribution is -2.38. The maximum absolute atomic E-state index is 5.56. The Bertz CT molecular complexity index is 571. The number of nitrogens with one attached hydrogen (secondary N) is 2. The molecule has 1 aromatic heterocycles. The summed E-state index contributed by atoms with van der Waals surface area (Å²) in [6.07, 6.45) is 6.73. The van der Waals surface area contributed by atoms with Gasteiger partial charge in [0.05, 0.1) is 19.8 Å². The third kappa shape index (κ3) is 9.45. The number of guanidine groups is 1. The summed E-state index contributed by atoms with van der Waals surface area (Å²) < 4.78 is 11.0. The van der Waals surface area contributed by atoms with Crippen LogP contribution in [0.2, 0.25) is 0 Å². The van der Waals surface area contributed by atoms with Crippen molar-refractivity contribution in [3.8, 4) is 0 Å². The molecule has 164 valence electrons. The number of pyridine rings is 1. The molecule has 7 heteroatoms. The van der Waals surface area contributed by atoms with Gasteiger partial charge < -0.3 is 25.0 Å². The second-order valence-corrected chi connectivity index (χ2v) is 7.63. The van der Waals surface area contributed by atoms with E-state index < -0.39 is 0 Å². The zero-order valence-electron chi connectivity index (χ0n) is 18.5. The van der Waals surface area contributed by atoms with Crippen LogP contribution in [0, 0.1) is 5.92 Å². The van der Waals surface area contributed by atoms with Crippen molar-refractivity contribution in [1.82, 2.24) is 15.6 Å². The summed E-state index contributed by atoms with van der Waals surface area (Å²) in [5, 5.41) is 6.58. The molecule has 7 nitrogen and oxygen atoms in total. The summed E-state index contributed by atoms with van der Waals surface area (Å²) in [5.41, 5.74) is 1.14. The molecular weight excluding hydrogens is 366 g/mol. The van der Waals surface area contributed by atoms with Crippen LogP contribution in [-0.4, -0.2) is 64.1 Å². The molecule has 0 bridgehead atoms. The lowest BCUT2D eigenvalue weighted by atomic mass is 9.99. The van der Waals surface area contributed by atoms with Crippen molar-refractivity contribution in [2.75, 3.05) is 58.0 Å². The van der Waals surface area contributed by atoms with Crippen molar-refractivity contribution in [3.63, 3.8) is 0 Å². The monoisotopic (exact) mass is 405 g/mol. The number of ether oxygens (including phenoxy) is 2. The average Bonchev–Trinajstić information content (AvgIpc) is 2.75. The minimum Gasteiger partial charge on any atom is -0.379 e. The van der Waals surface area contributed by atoms with Crippen LogP contribution in [0.5, 0.6) is 0 Å². The molecule has 0 aromatic carbocycles.